The molecule has 1 heterocycles. The lowest BCUT2D eigenvalue weighted by molar-refractivity contribution is -0.138. The summed E-state index contributed by atoms with van der Waals surface area (Å²) in [6.45, 7) is 0. The van der Waals surface area contributed by atoms with Crippen LogP contribution in [0.5, 0.6) is 0 Å². The lowest BCUT2D eigenvalue weighted by Gasteiger charge is -2.07. The van der Waals surface area contributed by atoms with Gasteiger partial charge in [0.25, 0.3) is 0 Å². The Kier molecular flexibility index (Phi) is 2.25. The van der Waals surface area contributed by atoms with Crippen LogP contribution in [0.2, 0.25) is 5.02 Å². The molecule has 3 nitrogen and oxygen atoms in total. The first-order chi connectivity index (χ1) is 5.82. The molecule has 0 amide bonds. The summed E-state index contributed by atoms with van der Waals surface area (Å²) in [5.41, 5.74) is -2.27. The van der Waals surface area contributed by atoms with Crippen molar-refractivity contribution in [3.05, 3.63) is 33.2 Å². The standard InChI is InChI=1S/C6H3ClF3NO2/c7-4-1-3(6(8,9)10)2-11(13)5(4)12/h1-2,13H. The van der Waals surface area contributed by atoms with Gasteiger partial charge in [0.05, 0.1) is 11.8 Å². The molecule has 7 heteroatoms. The Labute approximate surface area is 74.9 Å². The van der Waals surface area contributed by atoms with E-state index in [0.717, 1.165) is 0 Å². The molecular weight excluding hydrogens is 211 g/mol. The predicted molar refractivity (Wildman–Crippen MR) is 37.9 cm³/mol. The van der Waals surface area contributed by atoms with Crippen LogP contribution < -0.4 is 5.56 Å². The highest BCUT2D eigenvalue weighted by atomic mass is 35.5. The molecule has 1 rings (SSSR count). The van der Waals surface area contributed by atoms with Crippen LogP contribution in [-0.4, -0.2) is 9.94 Å². The normalized spacial score (nSPS) is 11.7. The molecule has 72 valence electrons. The molecule has 13 heavy (non-hydrogen) atoms. The van der Waals surface area contributed by atoms with E-state index in [1.807, 2.05) is 0 Å². The number of alkyl halides is 3. The summed E-state index contributed by atoms with van der Waals surface area (Å²) in [5, 5.41) is 7.98. The lowest BCUT2D eigenvalue weighted by atomic mass is 10.3. The van der Waals surface area contributed by atoms with E-state index in [-0.39, 0.29) is 10.9 Å². The minimum atomic E-state index is -4.64. The zero-order valence-corrected chi connectivity index (χ0v) is 6.73. The zero-order valence-electron chi connectivity index (χ0n) is 5.97. The topological polar surface area (TPSA) is 42.2 Å². The van der Waals surface area contributed by atoms with E-state index in [0.29, 0.717) is 6.07 Å². The first-order valence-electron chi connectivity index (χ1n) is 3.01. The van der Waals surface area contributed by atoms with Gasteiger partial charge in [0, 0.05) is 0 Å². The van der Waals surface area contributed by atoms with E-state index in [1.165, 1.54) is 0 Å². The van der Waals surface area contributed by atoms with E-state index in [1.54, 1.807) is 0 Å². The Morgan fingerprint density at radius 2 is 2.00 bits per heavy atom. The molecule has 0 radical (unpaired) electrons. The van der Waals surface area contributed by atoms with Gasteiger partial charge in [-0.2, -0.15) is 17.9 Å². The van der Waals surface area contributed by atoms with Gasteiger partial charge in [-0.1, -0.05) is 11.6 Å². The molecule has 1 aromatic heterocycles. The molecule has 0 unspecified atom stereocenters. The molecule has 0 aliphatic rings. The molecule has 0 atom stereocenters. The molecular formula is C6H3ClF3NO2. The highest BCUT2D eigenvalue weighted by molar-refractivity contribution is 6.30. The predicted octanol–water partition coefficient (Wildman–Crippen LogP) is 1.76. The van der Waals surface area contributed by atoms with E-state index in [9.17, 15) is 18.0 Å². The summed E-state index contributed by atoms with van der Waals surface area (Å²) in [6, 6.07) is 0.455. The second-order valence-corrected chi connectivity index (χ2v) is 2.63. The molecule has 0 aliphatic carbocycles. The Morgan fingerprint density at radius 3 is 2.38 bits per heavy atom. The Balaban J connectivity index is 3.38. The van der Waals surface area contributed by atoms with Gasteiger partial charge in [-0.15, -0.1) is 0 Å². The second kappa shape index (κ2) is 2.95. The summed E-state index contributed by atoms with van der Waals surface area (Å²) < 4.78 is 35.8. The Morgan fingerprint density at radius 1 is 1.46 bits per heavy atom. The van der Waals surface area contributed by atoms with E-state index >= 15 is 0 Å². The monoisotopic (exact) mass is 213 g/mol. The zero-order chi connectivity index (χ0) is 10.2. The van der Waals surface area contributed by atoms with E-state index in [2.05, 4.69) is 0 Å². The smallest absolute Gasteiger partial charge is 0.417 e. The number of aromatic nitrogens is 1. The van der Waals surface area contributed by atoms with Crippen LogP contribution in [0.4, 0.5) is 13.2 Å². The molecule has 0 saturated heterocycles. The summed E-state index contributed by atoms with van der Waals surface area (Å²) in [5.74, 6) is 0. The van der Waals surface area contributed by atoms with E-state index in [4.69, 9.17) is 16.8 Å². The SMILES string of the molecule is O=c1c(Cl)cc(C(F)(F)F)cn1O. The maximum absolute atomic E-state index is 12.0. The van der Waals surface area contributed by atoms with Crippen molar-refractivity contribution in [2.24, 2.45) is 0 Å². The van der Waals surface area contributed by atoms with Crippen LogP contribution in [0.15, 0.2) is 17.1 Å². The summed E-state index contributed by atoms with van der Waals surface area (Å²) in [4.78, 5) is 10.7. The molecule has 1 aromatic rings. The highest BCUT2D eigenvalue weighted by Gasteiger charge is 2.32. The maximum Gasteiger partial charge on any atom is 0.417 e. The number of pyridine rings is 1. The quantitative estimate of drug-likeness (QED) is 0.668. The average molecular weight is 214 g/mol. The van der Waals surface area contributed by atoms with Crippen LogP contribution in [0.25, 0.3) is 0 Å². The molecule has 1 N–H and O–H groups in total. The van der Waals surface area contributed by atoms with Crippen molar-refractivity contribution in [2.75, 3.05) is 0 Å². The van der Waals surface area contributed by atoms with Crippen LogP contribution >= 0.6 is 11.6 Å². The van der Waals surface area contributed by atoms with Gasteiger partial charge in [0.2, 0.25) is 0 Å². The van der Waals surface area contributed by atoms with Crippen LogP contribution in [0.3, 0.4) is 0 Å². The summed E-state index contributed by atoms with van der Waals surface area (Å²) >= 11 is 5.13. The number of rotatable bonds is 0. The first-order valence-corrected chi connectivity index (χ1v) is 3.39. The number of halogens is 4. The maximum atomic E-state index is 12.0. The van der Waals surface area contributed by atoms with Crippen molar-refractivity contribution in [1.29, 1.82) is 0 Å². The lowest BCUT2D eigenvalue weighted by Crippen LogP contribution is -2.20. The molecule has 0 bridgehead atoms. The third kappa shape index (κ3) is 1.95. The van der Waals surface area contributed by atoms with E-state index < -0.39 is 22.3 Å². The van der Waals surface area contributed by atoms with Gasteiger partial charge in [0.1, 0.15) is 5.02 Å². The Bertz CT molecular complexity index is 358. The fourth-order valence-electron chi connectivity index (χ4n) is 0.690. The third-order valence-corrected chi connectivity index (χ3v) is 1.55. The third-order valence-electron chi connectivity index (χ3n) is 1.28. The van der Waals surface area contributed by atoms with Gasteiger partial charge in [-0.05, 0) is 6.07 Å². The summed E-state index contributed by atoms with van der Waals surface area (Å²) in [6.07, 6.45) is -4.38. The molecule has 0 aromatic carbocycles. The number of nitrogens with zero attached hydrogens (tertiary/aromatic N) is 1. The first kappa shape index (κ1) is 9.91. The van der Waals surface area contributed by atoms with Crippen LogP contribution in [-0.2, 0) is 6.18 Å². The largest absolute Gasteiger partial charge is 0.425 e. The van der Waals surface area contributed by atoms with Gasteiger partial charge in [-0.25, -0.2) is 0 Å². The molecule has 0 spiro atoms. The number of hydrogen-bond donors (Lipinski definition) is 1. The van der Waals surface area contributed by atoms with Crippen molar-refractivity contribution in [3.63, 3.8) is 0 Å². The van der Waals surface area contributed by atoms with Crippen molar-refractivity contribution in [2.45, 2.75) is 6.18 Å². The van der Waals surface area contributed by atoms with Crippen LogP contribution in [0.1, 0.15) is 5.56 Å². The molecule has 0 saturated carbocycles. The Hall–Kier alpha value is -1.17. The minimum absolute atomic E-state index is 0.203. The molecule has 0 aliphatic heterocycles. The van der Waals surface area contributed by atoms with Gasteiger partial charge >= 0.3 is 11.7 Å². The minimum Gasteiger partial charge on any atom is -0.425 e. The van der Waals surface area contributed by atoms with Gasteiger partial charge in [-0.3, -0.25) is 4.79 Å². The molecule has 0 fully saturated rings. The van der Waals surface area contributed by atoms with Gasteiger partial charge in [0.15, 0.2) is 0 Å². The van der Waals surface area contributed by atoms with Crippen molar-refractivity contribution in [1.82, 2.24) is 4.73 Å². The fraction of sp³-hybridized carbons (Fsp3) is 0.167. The summed E-state index contributed by atoms with van der Waals surface area (Å²) in [7, 11) is 0. The second-order valence-electron chi connectivity index (χ2n) is 2.22. The van der Waals surface area contributed by atoms with Crippen molar-refractivity contribution in [3.8, 4) is 0 Å². The number of hydrogen-bond acceptors (Lipinski definition) is 2. The highest BCUT2D eigenvalue weighted by Crippen LogP contribution is 2.29. The fourth-order valence-corrected chi connectivity index (χ4v) is 0.894. The van der Waals surface area contributed by atoms with Crippen LogP contribution in [0, 0.1) is 0 Å². The van der Waals surface area contributed by atoms with Gasteiger partial charge < -0.3 is 5.21 Å². The average Bonchev–Trinajstić information content (AvgIpc) is 1.97. The van der Waals surface area contributed by atoms with Crippen molar-refractivity contribution < 1.29 is 18.4 Å². The van der Waals surface area contributed by atoms with Crippen molar-refractivity contribution >= 4 is 11.6 Å².